The fraction of sp³-hybridized carbons (Fsp3) is 0.667. The summed E-state index contributed by atoms with van der Waals surface area (Å²) in [5.74, 6) is 0.859. The maximum absolute atomic E-state index is 6.35. The fourth-order valence-electron chi connectivity index (χ4n) is 2.27. The molecule has 1 saturated carbocycles. The zero-order chi connectivity index (χ0) is 11.4. The van der Waals surface area contributed by atoms with E-state index < -0.39 is 0 Å². The quantitative estimate of drug-likeness (QED) is 0.816. The van der Waals surface area contributed by atoms with Crippen LogP contribution in [-0.4, -0.2) is 22.1 Å². The molecular formula is C12H20N4. The van der Waals surface area contributed by atoms with Gasteiger partial charge >= 0.3 is 0 Å². The molecule has 1 aromatic rings. The van der Waals surface area contributed by atoms with Crippen molar-refractivity contribution in [1.29, 1.82) is 0 Å². The van der Waals surface area contributed by atoms with Crippen molar-refractivity contribution in [2.45, 2.75) is 44.6 Å². The summed E-state index contributed by atoms with van der Waals surface area (Å²) in [6.45, 7) is 2.76. The van der Waals surface area contributed by atoms with Gasteiger partial charge in [0, 0.05) is 24.5 Å². The number of aryl methyl sites for hydroxylation is 1. The third-order valence-electron chi connectivity index (χ3n) is 3.34. The van der Waals surface area contributed by atoms with Crippen LogP contribution in [0.4, 0.5) is 5.82 Å². The van der Waals surface area contributed by atoms with Gasteiger partial charge in [-0.05, 0) is 19.8 Å². The van der Waals surface area contributed by atoms with Gasteiger partial charge in [0.05, 0.1) is 5.69 Å². The molecule has 1 aliphatic rings. The van der Waals surface area contributed by atoms with E-state index in [1.807, 2.05) is 6.92 Å². The highest BCUT2D eigenvalue weighted by atomic mass is 15.0. The van der Waals surface area contributed by atoms with E-state index in [9.17, 15) is 0 Å². The van der Waals surface area contributed by atoms with Crippen molar-refractivity contribution in [3.05, 3.63) is 18.1 Å². The average molecular weight is 220 g/mol. The Labute approximate surface area is 96.7 Å². The second-order valence-corrected chi connectivity index (χ2v) is 4.77. The lowest BCUT2D eigenvalue weighted by molar-refractivity contribution is 0.311. The maximum Gasteiger partial charge on any atom is 0.147 e. The predicted molar refractivity (Wildman–Crippen MR) is 65.3 cm³/mol. The lowest BCUT2D eigenvalue weighted by Crippen LogP contribution is -2.47. The second-order valence-electron chi connectivity index (χ2n) is 4.77. The minimum absolute atomic E-state index is 0.0534. The number of rotatable bonds is 3. The number of nitrogens with one attached hydrogen (secondary N) is 1. The molecule has 1 heterocycles. The molecule has 0 amide bonds. The van der Waals surface area contributed by atoms with Crippen LogP contribution < -0.4 is 11.1 Å². The van der Waals surface area contributed by atoms with Gasteiger partial charge in [-0.25, -0.2) is 4.98 Å². The summed E-state index contributed by atoms with van der Waals surface area (Å²) in [7, 11) is 0. The van der Waals surface area contributed by atoms with Crippen LogP contribution in [0.1, 0.15) is 37.8 Å². The molecule has 0 radical (unpaired) electrons. The van der Waals surface area contributed by atoms with Crippen LogP contribution in [0, 0.1) is 6.92 Å². The van der Waals surface area contributed by atoms with Crippen LogP contribution in [0.25, 0.3) is 0 Å². The molecule has 1 aliphatic carbocycles. The molecule has 4 heteroatoms. The van der Waals surface area contributed by atoms with Crippen molar-refractivity contribution in [2.24, 2.45) is 5.73 Å². The second kappa shape index (κ2) is 4.78. The predicted octanol–water partition coefficient (Wildman–Crippen LogP) is 1.86. The average Bonchev–Trinajstić information content (AvgIpc) is 2.29. The highest BCUT2D eigenvalue weighted by molar-refractivity contribution is 5.38. The van der Waals surface area contributed by atoms with Crippen LogP contribution in [-0.2, 0) is 0 Å². The van der Waals surface area contributed by atoms with Gasteiger partial charge in [-0.3, -0.25) is 4.98 Å². The highest BCUT2D eigenvalue weighted by Gasteiger charge is 2.27. The molecule has 1 fully saturated rings. The Morgan fingerprint density at radius 3 is 2.62 bits per heavy atom. The molecule has 16 heavy (non-hydrogen) atoms. The van der Waals surface area contributed by atoms with Crippen molar-refractivity contribution in [3.63, 3.8) is 0 Å². The summed E-state index contributed by atoms with van der Waals surface area (Å²) in [6.07, 6.45) is 9.45. The molecule has 0 aromatic carbocycles. The first-order valence-electron chi connectivity index (χ1n) is 6.00. The maximum atomic E-state index is 6.35. The highest BCUT2D eigenvalue weighted by Crippen LogP contribution is 2.26. The van der Waals surface area contributed by atoms with E-state index in [4.69, 9.17) is 5.73 Å². The first kappa shape index (κ1) is 11.3. The van der Waals surface area contributed by atoms with Crippen molar-refractivity contribution in [2.75, 3.05) is 11.9 Å². The van der Waals surface area contributed by atoms with Gasteiger partial charge in [0.1, 0.15) is 5.82 Å². The van der Waals surface area contributed by atoms with Crippen LogP contribution in [0.3, 0.4) is 0 Å². The van der Waals surface area contributed by atoms with Gasteiger partial charge in [0.15, 0.2) is 0 Å². The standard InChI is InChI=1S/C12H20N4/c1-10-11(15-8-7-14-10)16-9-12(13)5-3-2-4-6-12/h7-8H,2-6,9,13H2,1H3,(H,15,16). The summed E-state index contributed by atoms with van der Waals surface area (Å²) in [5.41, 5.74) is 7.23. The SMILES string of the molecule is Cc1nccnc1NCC1(N)CCCCC1. The third kappa shape index (κ3) is 2.70. The number of aromatic nitrogens is 2. The van der Waals surface area contributed by atoms with Gasteiger partial charge in [0.25, 0.3) is 0 Å². The van der Waals surface area contributed by atoms with Gasteiger partial charge in [0.2, 0.25) is 0 Å². The molecule has 0 unspecified atom stereocenters. The lowest BCUT2D eigenvalue weighted by atomic mass is 9.82. The van der Waals surface area contributed by atoms with Gasteiger partial charge in [-0.15, -0.1) is 0 Å². The molecule has 4 nitrogen and oxygen atoms in total. The molecule has 0 atom stereocenters. The van der Waals surface area contributed by atoms with Gasteiger partial charge in [-0.2, -0.15) is 0 Å². The zero-order valence-electron chi connectivity index (χ0n) is 9.87. The number of hydrogen-bond donors (Lipinski definition) is 2. The Balaban J connectivity index is 1.94. The number of nitrogens with two attached hydrogens (primary N) is 1. The summed E-state index contributed by atoms with van der Waals surface area (Å²) in [5, 5.41) is 3.32. The summed E-state index contributed by atoms with van der Waals surface area (Å²) >= 11 is 0. The smallest absolute Gasteiger partial charge is 0.147 e. The Morgan fingerprint density at radius 2 is 1.94 bits per heavy atom. The van der Waals surface area contributed by atoms with Crippen molar-refractivity contribution >= 4 is 5.82 Å². The Hall–Kier alpha value is -1.16. The van der Waals surface area contributed by atoms with E-state index in [0.29, 0.717) is 0 Å². The topological polar surface area (TPSA) is 63.8 Å². The fourth-order valence-corrected chi connectivity index (χ4v) is 2.27. The molecule has 0 spiro atoms. The number of nitrogens with zero attached hydrogens (tertiary/aromatic N) is 2. The molecule has 2 rings (SSSR count). The molecule has 0 bridgehead atoms. The van der Waals surface area contributed by atoms with E-state index in [2.05, 4.69) is 15.3 Å². The van der Waals surface area contributed by atoms with Gasteiger partial charge < -0.3 is 11.1 Å². The normalized spacial score (nSPS) is 19.4. The van der Waals surface area contributed by atoms with Crippen molar-refractivity contribution in [1.82, 2.24) is 9.97 Å². The summed E-state index contributed by atoms with van der Waals surface area (Å²) < 4.78 is 0. The van der Waals surface area contributed by atoms with E-state index in [0.717, 1.165) is 30.9 Å². The van der Waals surface area contributed by atoms with Crippen LogP contribution >= 0.6 is 0 Å². The van der Waals surface area contributed by atoms with Crippen molar-refractivity contribution in [3.8, 4) is 0 Å². The first-order chi connectivity index (χ1) is 7.70. The van der Waals surface area contributed by atoms with E-state index in [1.54, 1.807) is 12.4 Å². The largest absolute Gasteiger partial charge is 0.367 e. The lowest BCUT2D eigenvalue weighted by Gasteiger charge is -2.33. The Kier molecular flexibility index (Phi) is 3.39. The monoisotopic (exact) mass is 220 g/mol. The number of hydrogen-bond acceptors (Lipinski definition) is 4. The molecule has 0 saturated heterocycles. The molecule has 1 aromatic heterocycles. The Morgan fingerprint density at radius 1 is 1.25 bits per heavy atom. The zero-order valence-corrected chi connectivity index (χ0v) is 9.87. The molecule has 3 N–H and O–H groups in total. The van der Waals surface area contributed by atoms with Crippen LogP contribution in [0.15, 0.2) is 12.4 Å². The molecular weight excluding hydrogens is 200 g/mol. The summed E-state index contributed by atoms with van der Waals surface area (Å²) in [4.78, 5) is 8.46. The van der Waals surface area contributed by atoms with E-state index in [1.165, 1.54) is 19.3 Å². The Bertz CT molecular complexity index is 345. The van der Waals surface area contributed by atoms with E-state index in [-0.39, 0.29) is 5.54 Å². The third-order valence-corrected chi connectivity index (χ3v) is 3.34. The molecule has 88 valence electrons. The van der Waals surface area contributed by atoms with Crippen molar-refractivity contribution < 1.29 is 0 Å². The minimum atomic E-state index is -0.0534. The summed E-state index contributed by atoms with van der Waals surface area (Å²) in [6, 6.07) is 0. The van der Waals surface area contributed by atoms with Gasteiger partial charge in [-0.1, -0.05) is 19.3 Å². The van der Waals surface area contributed by atoms with E-state index >= 15 is 0 Å². The molecule has 0 aliphatic heterocycles. The first-order valence-corrected chi connectivity index (χ1v) is 6.00. The minimum Gasteiger partial charge on any atom is -0.367 e. The van der Waals surface area contributed by atoms with Crippen LogP contribution in [0.5, 0.6) is 0 Å². The van der Waals surface area contributed by atoms with Crippen LogP contribution in [0.2, 0.25) is 0 Å². The number of anilines is 1.